The number of carbonyl (C=O) groups excluding carboxylic acids is 2. The number of nitrogens with one attached hydrogen (secondary N) is 2. The lowest BCUT2D eigenvalue weighted by Crippen LogP contribution is -2.22. The molecule has 4 nitrogen and oxygen atoms in total. The fraction of sp³-hybridized carbons (Fsp3) is 0.125. The molecule has 2 aromatic rings. The van der Waals surface area contributed by atoms with E-state index in [1.54, 1.807) is 31.3 Å². The second kappa shape index (κ2) is 8.07. The maximum atomic E-state index is 11.9. The average molecular weight is 305 g/mol. The van der Waals surface area contributed by atoms with E-state index in [0.717, 1.165) is 5.56 Å². The highest BCUT2D eigenvalue weighted by Crippen LogP contribution is 2.05. The highest BCUT2D eigenvalue weighted by Gasteiger charge is 2.05. The van der Waals surface area contributed by atoms with Crippen LogP contribution in [0.1, 0.15) is 26.3 Å². The second-order valence-electron chi connectivity index (χ2n) is 4.32. The van der Waals surface area contributed by atoms with Gasteiger partial charge in [-0.15, -0.1) is 12.4 Å². The first-order valence-electron chi connectivity index (χ1n) is 6.35. The molecule has 0 unspecified atom stereocenters. The first-order valence-corrected chi connectivity index (χ1v) is 6.35. The summed E-state index contributed by atoms with van der Waals surface area (Å²) in [6.45, 7) is 0.432. The number of halogens is 1. The fourth-order valence-electron chi connectivity index (χ4n) is 1.79. The summed E-state index contributed by atoms with van der Waals surface area (Å²) >= 11 is 0. The molecular formula is C16H17ClN2O2. The van der Waals surface area contributed by atoms with Gasteiger partial charge in [-0.1, -0.05) is 30.3 Å². The maximum absolute atomic E-state index is 11.9. The van der Waals surface area contributed by atoms with Crippen molar-refractivity contribution >= 4 is 24.2 Å². The summed E-state index contributed by atoms with van der Waals surface area (Å²) in [6, 6.07) is 16.2. The quantitative estimate of drug-likeness (QED) is 0.911. The summed E-state index contributed by atoms with van der Waals surface area (Å²) in [5.41, 5.74) is 2.18. The maximum Gasteiger partial charge on any atom is 0.251 e. The SMILES string of the molecule is CNC(=O)c1ccc(CNC(=O)c2ccccc2)cc1.Cl. The molecule has 0 saturated carbocycles. The van der Waals surface area contributed by atoms with Gasteiger partial charge in [0, 0.05) is 24.7 Å². The zero-order chi connectivity index (χ0) is 14.4. The van der Waals surface area contributed by atoms with Crippen LogP contribution in [0.15, 0.2) is 54.6 Å². The molecular weight excluding hydrogens is 288 g/mol. The monoisotopic (exact) mass is 304 g/mol. The molecule has 0 aromatic heterocycles. The van der Waals surface area contributed by atoms with Crippen molar-refractivity contribution in [3.8, 4) is 0 Å². The normalized spacial score (nSPS) is 9.38. The van der Waals surface area contributed by atoms with Crippen LogP contribution in [0.25, 0.3) is 0 Å². The van der Waals surface area contributed by atoms with Gasteiger partial charge in [0.1, 0.15) is 0 Å². The van der Waals surface area contributed by atoms with Gasteiger partial charge in [0.25, 0.3) is 11.8 Å². The van der Waals surface area contributed by atoms with Gasteiger partial charge in [-0.3, -0.25) is 9.59 Å². The number of hydrogen-bond acceptors (Lipinski definition) is 2. The molecule has 0 bridgehead atoms. The van der Waals surface area contributed by atoms with Crippen molar-refractivity contribution in [2.45, 2.75) is 6.54 Å². The molecule has 0 spiro atoms. The Morgan fingerprint density at radius 2 is 1.43 bits per heavy atom. The van der Waals surface area contributed by atoms with Crippen molar-refractivity contribution in [2.24, 2.45) is 0 Å². The van der Waals surface area contributed by atoms with Gasteiger partial charge in [-0.2, -0.15) is 0 Å². The van der Waals surface area contributed by atoms with Gasteiger partial charge in [-0.25, -0.2) is 0 Å². The van der Waals surface area contributed by atoms with E-state index in [4.69, 9.17) is 0 Å². The number of amides is 2. The Balaban J connectivity index is 0.00000220. The third-order valence-corrected chi connectivity index (χ3v) is 2.93. The van der Waals surface area contributed by atoms with Crippen LogP contribution in [0.2, 0.25) is 0 Å². The first kappa shape index (κ1) is 16.7. The van der Waals surface area contributed by atoms with Crippen LogP contribution in [0, 0.1) is 0 Å². The van der Waals surface area contributed by atoms with E-state index in [9.17, 15) is 9.59 Å². The third-order valence-electron chi connectivity index (χ3n) is 2.93. The molecule has 0 aliphatic heterocycles. The molecule has 0 atom stereocenters. The van der Waals surface area contributed by atoms with Gasteiger partial charge < -0.3 is 10.6 Å². The van der Waals surface area contributed by atoms with Crippen LogP contribution >= 0.6 is 12.4 Å². The zero-order valence-electron chi connectivity index (χ0n) is 11.6. The molecule has 0 radical (unpaired) electrons. The van der Waals surface area contributed by atoms with E-state index >= 15 is 0 Å². The predicted octanol–water partition coefficient (Wildman–Crippen LogP) is 2.40. The van der Waals surface area contributed by atoms with Crippen molar-refractivity contribution < 1.29 is 9.59 Å². The number of benzene rings is 2. The van der Waals surface area contributed by atoms with E-state index in [2.05, 4.69) is 10.6 Å². The third kappa shape index (κ3) is 4.61. The molecule has 21 heavy (non-hydrogen) atoms. The number of carbonyl (C=O) groups is 2. The minimum absolute atomic E-state index is 0. The highest BCUT2D eigenvalue weighted by molar-refractivity contribution is 5.94. The van der Waals surface area contributed by atoms with Gasteiger partial charge in [0.15, 0.2) is 0 Å². The smallest absolute Gasteiger partial charge is 0.251 e. The van der Waals surface area contributed by atoms with Gasteiger partial charge in [0.05, 0.1) is 0 Å². The minimum Gasteiger partial charge on any atom is -0.355 e. The van der Waals surface area contributed by atoms with E-state index in [-0.39, 0.29) is 24.2 Å². The molecule has 5 heteroatoms. The lowest BCUT2D eigenvalue weighted by atomic mass is 10.1. The second-order valence-corrected chi connectivity index (χ2v) is 4.32. The van der Waals surface area contributed by atoms with Crippen LogP contribution < -0.4 is 10.6 Å². The molecule has 2 amide bonds. The topological polar surface area (TPSA) is 58.2 Å². The van der Waals surface area contributed by atoms with Crippen LogP contribution in [0.4, 0.5) is 0 Å². The standard InChI is InChI=1S/C16H16N2O2.ClH/c1-17-15(19)14-9-7-12(8-10-14)11-18-16(20)13-5-3-2-4-6-13;/h2-10H,11H2,1H3,(H,17,19)(H,18,20);1H. The van der Waals surface area contributed by atoms with Crippen molar-refractivity contribution in [1.82, 2.24) is 10.6 Å². The number of rotatable bonds is 4. The van der Waals surface area contributed by atoms with Crippen LogP contribution in [0.3, 0.4) is 0 Å². The van der Waals surface area contributed by atoms with Gasteiger partial charge >= 0.3 is 0 Å². The van der Waals surface area contributed by atoms with Crippen LogP contribution in [0.5, 0.6) is 0 Å². The Kier molecular flexibility index (Phi) is 6.43. The molecule has 0 saturated heterocycles. The summed E-state index contributed by atoms with van der Waals surface area (Å²) in [6.07, 6.45) is 0. The first-order chi connectivity index (χ1) is 9.70. The Hall–Kier alpha value is -2.33. The van der Waals surface area contributed by atoms with E-state index in [1.807, 2.05) is 30.3 Å². The Morgan fingerprint density at radius 1 is 0.857 bits per heavy atom. The van der Waals surface area contributed by atoms with Crippen molar-refractivity contribution in [3.05, 3.63) is 71.3 Å². The Morgan fingerprint density at radius 3 is 2.00 bits per heavy atom. The Bertz CT molecular complexity index is 597. The van der Waals surface area contributed by atoms with E-state index in [1.165, 1.54) is 0 Å². The van der Waals surface area contributed by atoms with Gasteiger partial charge in [-0.05, 0) is 29.8 Å². The van der Waals surface area contributed by atoms with Gasteiger partial charge in [0.2, 0.25) is 0 Å². The molecule has 2 N–H and O–H groups in total. The number of hydrogen-bond donors (Lipinski definition) is 2. The van der Waals surface area contributed by atoms with E-state index < -0.39 is 0 Å². The summed E-state index contributed by atoms with van der Waals surface area (Å²) in [5.74, 6) is -0.231. The van der Waals surface area contributed by atoms with Crippen LogP contribution in [-0.2, 0) is 6.54 Å². The Labute approximate surface area is 130 Å². The molecule has 2 aromatic carbocycles. The molecule has 0 fully saturated rings. The lowest BCUT2D eigenvalue weighted by Gasteiger charge is -2.06. The summed E-state index contributed by atoms with van der Waals surface area (Å²) < 4.78 is 0. The predicted molar refractivity (Wildman–Crippen MR) is 84.7 cm³/mol. The summed E-state index contributed by atoms with van der Waals surface area (Å²) in [5, 5.41) is 5.40. The van der Waals surface area contributed by atoms with E-state index in [0.29, 0.717) is 17.7 Å². The summed E-state index contributed by atoms with van der Waals surface area (Å²) in [7, 11) is 1.59. The molecule has 0 aliphatic rings. The van der Waals surface area contributed by atoms with Crippen LogP contribution in [-0.4, -0.2) is 18.9 Å². The average Bonchev–Trinajstić information content (AvgIpc) is 2.53. The van der Waals surface area contributed by atoms with Crippen molar-refractivity contribution in [3.63, 3.8) is 0 Å². The molecule has 0 heterocycles. The molecule has 0 aliphatic carbocycles. The van der Waals surface area contributed by atoms with Crippen molar-refractivity contribution in [2.75, 3.05) is 7.05 Å². The largest absolute Gasteiger partial charge is 0.355 e. The fourth-order valence-corrected chi connectivity index (χ4v) is 1.79. The zero-order valence-corrected chi connectivity index (χ0v) is 12.4. The molecule has 2 rings (SSSR count). The van der Waals surface area contributed by atoms with Crippen molar-refractivity contribution in [1.29, 1.82) is 0 Å². The molecule has 110 valence electrons. The minimum atomic E-state index is -0.120. The highest BCUT2D eigenvalue weighted by atomic mass is 35.5. The lowest BCUT2D eigenvalue weighted by molar-refractivity contribution is 0.0946. The summed E-state index contributed by atoms with van der Waals surface area (Å²) in [4.78, 5) is 23.3.